The summed E-state index contributed by atoms with van der Waals surface area (Å²) >= 11 is 0. The molecule has 1 aliphatic rings. The average Bonchev–Trinajstić information content (AvgIpc) is 2.60. The van der Waals surface area contributed by atoms with E-state index in [0.29, 0.717) is 11.9 Å². The Labute approximate surface area is 91.4 Å². The van der Waals surface area contributed by atoms with Crippen molar-refractivity contribution in [2.24, 2.45) is 0 Å². The second-order valence-electron chi connectivity index (χ2n) is 4.10. The summed E-state index contributed by atoms with van der Waals surface area (Å²) in [6.45, 7) is 5.32. The van der Waals surface area contributed by atoms with E-state index in [4.69, 9.17) is 5.41 Å². The number of rotatable bonds is 3. The van der Waals surface area contributed by atoms with Crippen molar-refractivity contribution in [1.82, 2.24) is 4.90 Å². The highest BCUT2D eigenvalue weighted by Crippen LogP contribution is 2.26. The van der Waals surface area contributed by atoms with Gasteiger partial charge in [0.25, 0.3) is 0 Å². The number of fused-ring (bicyclic) bond motifs is 1. The lowest BCUT2D eigenvalue weighted by Gasteiger charge is -2.27. The van der Waals surface area contributed by atoms with Crippen molar-refractivity contribution in [3.8, 4) is 0 Å². The van der Waals surface area contributed by atoms with Gasteiger partial charge in [-0.25, -0.2) is 0 Å². The van der Waals surface area contributed by atoms with Crippen LogP contribution in [0.5, 0.6) is 0 Å². The highest BCUT2D eigenvalue weighted by atomic mass is 15.2. The standard InChI is InChI=1S/C13H18N2/c1-3-11(4-2)15-9-10-7-5-6-8-12(10)13(15)14/h5-8,11,14H,3-4,9H2,1-2H3. The Kier molecular flexibility index (Phi) is 2.76. The van der Waals surface area contributed by atoms with Crippen LogP contribution in [0.4, 0.5) is 0 Å². The second-order valence-corrected chi connectivity index (χ2v) is 4.10. The molecule has 1 aromatic rings. The molecule has 0 bridgehead atoms. The lowest BCUT2D eigenvalue weighted by atomic mass is 10.1. The Balaban J connectivity index is 2.27. The van der Waals surface area contributed by atoms with Crippen molar-refractivity contribution in [2.45, 2.75) is 39.3 Å². The summed E-state index contributed by atoms with van der Waals surface area (Å²) in [6.07, 6.45) is 2.24. The van der Waals surface area contributed by atoms with Crippen LogP contribution in [-0.2, 0) is 6.54 Å². The van der Waals surface area contributed by atoms with Crippen molar-refractivity contribution in [3.05, 3.63) is 35.4 Å². The lowest BCUT2D eigenvalue weighted by molar-refractivity contribution is 0.297. The molecule has 0 aliphatic carbocycles. The Morgan fingerprint density at radius 1 is 1.27 bits per heavy atom. The van der Waals surface area contributed by atoms with E-state index in [1.165, 1.54) is 5.56 Å². The van der Waals surface area contributed by atoms with E-state index in [1.54, 1.807) is 0 Å². The van der Waals surface area contributed by atoms with Crippen LogP contribution in [0.1, 0.15) is 37.8 Å². The molecule has 0 saturated carbocycles. The van der Waals surface area contributed by atoms with E-state index in [1.807, 2.05) is 6.07 Å². The largest absolute Gasteiger partial charge is 0.349 e. The molecule has 0 fully saturated rings. The van der Waals surface area contributed by atoms with Crippen LogP contribution < -0.4 is 0 Å². The number of hydrogen-bond donors (Lipinski definition) is 1. The SMILES string of the molecule is CCC(CC)N1Cc2ccccc2C1=N. The number of amidine groups is 1. The molecule has 0 radical (unpaired) electrons. The van der Waals surface area contributed by atoms with Gasteiger partial charge < -0.3 is 4.90 Å². The normalized spacial score (nSPS) is 14.9. The molecule has 2 nitrogen and oxygen atoms in total. The molecule has 80 valence electrons. The highest BCUT2D eigenvalue weighted by molar-refractivity contribution is 6.00. The molecule has 2 heteroatoms. The molecule has 2 rings (SSSR count). The van der Waals surface area contributed by atoms with Crippen molar-refractivity contribution < 1.29 is 0 Å². The van der Waals surface area contributed by atoms with Gasteiger partial charge in [-0.05, 0) is 18.4 Å². The molecule has 0 unspecified atom stereocenters. The molecule has 0 spiro atoms. The van der Waals surface area contributed by atoms with Crippen molar-refractivity contribution in [3.63, 3.8) is 0 Å². The first-order valence-corrected chi connectivity index (χ1v) is 5.71. The third-order valence-corrected chi connectivity index (χ3v) is 3.28. The van der Waals surface area contributed by atoms with E-state index >= 15 is 0 Å². The molecule has 1 aromatic carbocycles. The summed E-state index contributed by atoms with van der Waals surface area (Å²) in [6, 6.07) is 8.78. The molecule has 15 heavy (non-hydrogen) atoms. The fourth-order valence-corrected chi connectivity index (χ4v) is 2.35. The van der Waals surface area contributed by atoms with Gasteiger partial charge in [-0.3, -0.25) is 5.41 Å². The number of nitrogens with zero attached hydrogens (tertiary/aromatic N) is 1. The fraction of sp³-hybridized carbons (Fsp3) is 0.462. The smallest absolute Gasteiger partial charge is 0.128 e. The first-order chi connectivity index (χ1) is 7.27. The van der Waals surface area contributed by atoms with E-state index in [-0.39, 0.29) is 0 Å². The molecular formula is C13H18N2. The Bertz CT molecular complexity index is 367. The van der Waals surface area contributed by atoms with Crippen molar-refractivity contribution in [1.29, 1.82) is 5.41 Å². The van der Waals surface area contributed by atoms with Gasteiger partial charge in [0.2, 0.25) is 0 Å². The van der Waals surface area contributed by atoms with Gasteiger partial charge >= 0.3 is 0 Å². The number of nitrogens with one attached hydrogen (secondary N) is 1. The Morgan fingerprint density at radius 3 is 2.53 bits per heavy atom. The zero-order valence-electron chi connectivity index (χ0n) is 9.46. The molecule has 1 aliphatic heterocycles. The van der Waals surface area contributed by atoms with E-state index in [9.17, 15) is 0 Å². The van der Waals surface area contributed by atoms with Gasteiger partial charge in [0, 0.05) is 18.2 Å². The third-order valence-electron chi connectivity index (χ3n) is 3.28. The molecule has 1 heterocycles. The highest BCUT2D eigenvalue weighted by Gasteiger charge is 2.27. The van der Waals surface area contributed by atoms with Crippen LogP contribution in [0.25, 0.3) is 0 Å². The second kappa shape index (κ2) is 4.05. The monoisotopic (exact) mass is 202 g/mol. The van der Waals surface area contributed by atoms with E-state index in [0.717, 1.165) is 24.9 Å². The lowest BCUT2D eigenvalue weighted by Crippen LogP contribution is -2.34. The summed E-state index contributed by atoms with van der Waals surface area (Å²) in [5, 5.41) is 8.15. The van der Waals surface area contributed by atoms with Gasteiger partial charge in [0.1, 0.15) is 5.84 Å². The van der Waals surface area contributed by atoms with Gasteiger partial charge in [-0.2, -0.15) is 0 Å². The van der Waals surface area contributed by atoms with Crippen LogP contribution in [0.2, 0.25) is 0 Å². The zero-order valence-corrected chi connectivity index (χ0v) is 9.46. The summed E-state index contributed by atoms with van der Waals surface area (Å²) in [4.78, 5) is 2.23. The van der Waals surface area contributed by atoms with Crippen molar-refractivity contribution in [2.75, 3.05) is 0 Å². The van der Waals surface area contributed by atoms with Gasteiger partial charge in [0.05, 0.1) is 0 Å². The summed E-state index contributed by atoms with van der Waals surface area (Å²) in [7, 11) is 0. The minimum atomic E-state index is 0.518. The predicted molar refractivity (Wildman–Crippen MR) is 63.2 cm³/mol. The predicted octanol–water partition coefficient (Wildman–Crippen LogP) is 3.02. The molecule has 0 saturated heterocycles. The van der Waals surface area contributed by atoms with Crippen LogP contribution in [-0.4, -0.2) is 16.8 Å². The quantitative estimate of drug-likeness (QED) is 0.801. The van der Waals surface area contributed by atoms with Gasteiger partial charge in [-0.15, -0.1) is 0 Å². The molecule has 0 amide bonds. The minimum Gasteiger partial charge on any atom is -0.349 e. The zero-order chi connectivity index (χ0) is 10.8. The van der Waals surface area contributed by atoms with Crippen LogP contribution in [0.3, 0.4) is 0 Å². The summed E-state index contributed by atoms with van der Waals surface area (Å²) in [5.41, 5.74) is 2.42. The summed E-state index contributed by atoms with van der Waals surface area (Å²) < 4.78 is 0. The van der Waals surface area contributed by atoms with Gasteiger partial charge in [0.15, 0.2) is 0 Å². The number of benzene rings is 1. The Morgan fingerprint density at radius 2 is 1.93 bits per heavy atom. The first-order valence-electron chi connectivity index (χ1n) is 5.71. The van der Waals surface area contributed by atoms with Gasteiger partial charge in [-0.1, -0.05) is 38.1 Å². The molecular weight excluding hydrogens is 184 g/mol. The van der Waals surface area contributed by atoms with E-state index in [2.05, 4.69) is 36.9 Å². The maximum Gasteiger partial charge on any atom is 0.128 e. The van der Waals surface area contributed by atoms with Crippen molar-refractivity contribution >= 4 is 5.84 Å². The summed E-state index contributed by atoms with van der Waals surface area (Å²) in [5.74, 6) is 0.708. The molecule has 0 aromatic heterocycles. The van der Waals surface area contributed by atoms with Crippen LogP contribution in [0, 0.1) is 5.41 Å². The topological polar surface area (TPSA) is 27.1 Å². The minimum absolute atomic E-state index is 0.518. The molecule has 0 atom stereocenters. The molecule has 1 N–H and O–H groups in total. The Hall–Kier alpha value is -1.31. The number of hydrogen-bond acceptors (Lipinski definition) is 1. The van der Waals surface area contributed by atoms with E-state index < -0.39 is 0 Å². The van der Waals surface area contributed by atoms with Crippen LogP contribution in [0.15, 0.2) is 24.3 Å². The fourth-order valence-electron chi connectivity index (χ4n) is 2.35. The maximum atomic E-state index is 8.15. The first kappa shape index (κ1) is 10.2. The van der Waals surface area contributed by atoms with Crippen LogP contribution >= 0.6 is 0 Å². The third kappa shape index (κ3) is 1.65. The maximum absolute atomic E-state index is 8.15. The average molecular weight is 202 g/mol.